The molecular formula is C26H22ClN3O3S. The molecule has 3 aromatic carbocycles. The largest absolute Gasteiger partial charge is 0.371 e. The molecule has 2 aliphatic rings. The number of thioether (sulfide) groups is 1. The standard InChI is InChI=1S/C26H22ClN3O3S/c27-20-9-3-4-10-21(20)28-24(31)16-30-25(32)23(34-26(30)33)15-17-11-12-22(29-13-5-6-14-29)19-8-2-1-7-18(17)19/h1-4,7-12,15H,5-6,13-14,16H2,(H,28,31)/b23-15+. The summed E-state index contributed by atoms with van der Waals surface area (Å²) in [4.78, 5) is 41.6. The minimum atomic E-state index is -0.489. The molecule has 2 heterocycles. The first-order chi connectivity index (χ1) is 16.5. The summed E-state index contributed by atoms with van der Waals surface area (Å²) >= 11 is 6.93. The van der Waals surface area contributed by atoms with Gasteiger partial charge >= 0.3 is 0 Å². The Kier molecular flexibility index (Phi) is 6.30. The molecular weight excluding hydrogens is 470 g/mol. The highest BCUT2D eigenvalue weighted by Gasteiger charge is 2.36. The molecule has 172 valence electrons. The summed E-state index contributed by atoms with van der Waals surface area (Å²) in [6.45, 7) is 1.71. The Morgan fingerprint density at radius 2 is 1.68 bits per heavy atom. The Balaban J connectivity index is 1.38. The van der Waals surface area contributed by atoms with Crippen molar-refractivity contribution < 1.29 is 14.4 Å². The van der Waals surface area contributed by atoms with Crippen molar-refractivity contribution in [1.29, 1.82) is 0 Å². The number of benzene rings is 3. The summed E-state index contributed by atoms with van der Waals surface area (Å²) in [7, 11) is 0. The Bertz CT molecular complexity index is 1330. The number of fused-ring (bicyclic) bond motifs is 1. The van der Waals surface area contributed by atoms with Gasteiger partial charge in [-0.3, -0.25) is 19.3 Å². The van der Waals surface area contributed by atoms with Crippen LogP contribution in [0, 0.1) is 0 Å². The summed E-state index contributed by atoms with van der Waals surface area (Å²) in [5, 5.41) is 4.71. The minimum Gasteiger partial charge on any atom is -0.371 e. The van der Waals surface area contributed by atoms with Crippen LogP contribution in [0.2, 0.25) is 5.02 Å². The maximum atomic E-state index is 13.0. The first-order valence-electron chi connectivity index (χ1n) is 11.1. The van der Waals surface area contributed by atoms with E-state index >= 15 is 0 Å². The summed E-state index contributed by atoms with van der Waals surface area (Å²) < 4.78 is 0. The quantitative estimate of drug-likeness (QED) is 0.459. The number of imide groups is 1. The number of hydrogen-bond acceptors (Lipinski definition) is 5. The molecule has 1 N–H and O–H groups in total. The average molecular weight is 492 g/mol. The van der Waals surface area contributed by atoms with Crippen LogP contribution < -0.4 is 10.2 Å². The van der Waals surface area contributed by atoms with E-state index in [1.54, 1.807) is 30.3 Å². The van der Waals surface area contributed by atoms with E-state index in [-0.39, 0.29) is 6.54 Å². The first-order valence-corrected chi connectivity index (χ1v) is 12.3. The maximum Gasteiger partial charge on any atom is 0.294 e. The Morgan fingerprint density at radius 3 is 2.44 bits per heavy atom. The number of para-hydroxylation sites is 1. The van der Waals surface area contributed by atoms with Crippen molar-refractivity contribution in [3.63, 3.8) is 0 Å². The van der Waals surface area contributed by atoms with Crippen LogP contribution in [0.15, 0.2) is 65.6 Å². The van der Waals surface area contributed by atoms with Gasteiger partial charge in [-0.1, -0.05) is 54.1 Å². The molecule has 0 bridgehead atoms. The fourth-order valence-corrected chi connectivity index (χ4v) is 5.35. The zero-order chi connectivity index (χ0) is 23.7. The number of nitrogens with zero attached hydrogens (tertiary/aromatic N) is 2. The molecule has 6 nitrogen and oxygen atoms in total. The Morgan fingerprint density at radius 1 is 0.971 bits per heavy atom. The van der Waals surface area contributed by atoms with Crippen molar-refractivity contribution in [2.45, 2.75) is 12.8 Å². The van der Waals surface area contributed by atoms with Gasteiger partial charge in [0.1, 0.15) is 6.54 Å². The van der Waals surface area contributed by atoms with E-state index in [4.69, 9.17) is 11.6 Å². The van der Waals surface area contributed by atoms with Crippen LogP contribution in [0.3, 0.4) is 0 Å². The summed E-state index contributed by atoms with van der Waals surface area (Å²) in [5.74, 6) is -0.964. The zero-order valence-electron chi connectivity index (χ0n) is 18.3. The van der Waals surface area contributed by atoms with Crippen molar-refractivity contribution in [2.24, 2.45) is 0 Å². The molecule has 3 amide bonds. The van der Waals surface area contributed by atoms with Gasteiger partial charge in [0.25, 0.3) is 11.1 Å². The SMILES string of the molecule is O=C(CN1C(=O)S/C(=C/c2ccc(N3CCCC3)c3ccccc23)C1=O)Nc1ccccc1Cl. The fourth-order valence-electron chi connectivity index (χ4n) is 4.34. The van der Waals surface area contributed by atoms with Gasteiger partial charge in [-0.25, -0.2) is 0 Å². The van der Waals surface area contributed by atoms with E-state index < -0.39 is 17.1 Å². The van der Waals surface area contributed by atoms with Crippen LogP contribution in [0.25, 0.3) is 16.8 Å². The molecule has 8 heteroatoms. The van der Waals surface area contributed by atoms with Crippen molar-refractivity contribution >= 4 is 68.6 Å². The monoisotopic (exact) mass is 491 g/mol. The predicted molar refractivity (Wildman–Crippen MR) is 138 cm³/mol. The molecule has 0 atom stereocenters. The second-order valence-electron chi connectivity index (χ2n) is 8.21. The van der Waals surface area contributed by atoms with Crippen LogP contribution in [0.5, 0.6) is 0 Å². The number of carbonyl (C=O) groups excluding carboxylic acids is 3. The highest BCUT2D eigenvalue weighted by molar-refractivity contribution is 8.18. The lowest BCUT2D eigenvalue weighted by Gasteiger charge is -2.20. The van der Waals surface area contributed by atoms with Crippen LogP contribution in [0.4, 0.5) is 16.2 Å². The molecule has 0 spiro atoms. The number of nitrogens with one attached hydrogen (secondary N) is 1. The number of anilines is 2. The molecule has 2 aliphatic heterocycles. The van der Waals surface area contributed by atoms with Gasteiger partial charge in [-0.05, 0) is 59.8 Å². The van der Waals surface area contributed by atoms with Crippen LogP contribution in [-0.4, -0.2) is 41.6 Å². The van der Waals surface area contributed by atoms with E-state index in [1.807, 2.05) is 24.3 Å². The van der Waals surface area contributed by atoms with Gasteiger partial charge in [0.05, 0.1) is 15.6 Å². The number of carbonyl (C=O) groups is 3. The van der Waals surface area contributed by atoms with Crippen LogP contribution in [0.1, 0.15) is 18.4 Å². The minimum absolute atomic E-state index is 0.301. The van der Waals surface area contributed by atoms with E-state index in [2.05, 4.69) is 22.3 Å². The first kappa shape index (κ1) is 22.5. The smallest absolute Gasteiger partial charge is 0.294 e. The Labute approximate surface area is 206 Å². The normalized spacial score (nSPS) is 17.3. The Hall–Kier alpha value is -3.29. The second-order valence-corrected chi connectivity index (χ2v) is 9.61. The van der Waals surface area contributed by atoms with Gasteiger partial charge in [-0.15, -0.1) is 0 Å². The van der Waals surface area contributed by atoms with Crippen LogP contribution >= 0.6 is 23.4 Å². The lowest BCUT2D eigenvalue weighted by atomic mass is 10.0. The van der Waals surface area contributed by atoms with Crippen molar-refractivity contribution in [2.75, 3.05) is 29.9 Å². The molecule has 2 saturated heterocycles. The fraction of sp³-hybridized carbons (Fsp3) is 0.192. The van der Waals surface area contributed by atoms with Gasteiger partial charge < -0.3 is 10.2 Å². The molecule has 34 heavy (non-hydrogen) atoms. The van der Waals surface area contributed by atoms with Gasteiger partial charge in [0, 0.05) is 24.2 Å². The van der Waals surface area contributed by atoms with Crippen molar-refractivity contribution in [3.8, 4) is 0 Å². The zero-order valence-corrected chi connectivity index (χ0v) is 19.9. The molecule has 3 aromatic rings. The van der Waals surface area contributed by atoms with E-state index in [0.717, 1.165) is 46.1 Å². The highest BCUT2D eigenvalue weighted by atomic mass is 35.5. The van der Waals surface area contributed by atoms with Gasteiger partial charge in [-0.2, -0.15) is 0 Å². The lowest BCUT2D eigenvalue weighted by Crippen LogP contribution is -2.36. The van der Waals surface area contributed by atoms with Crippen molar-refractivity contribution in [3.05, 3.63) is 76.2 Å². The maximum absolute atomic E-state index is 13.0. The van der Waals surface area contributed by atoms with Gasteiger partial charge in [0.15, 0.2) is 0 Å². The number of rotatable bonds is 5. The lowest BCUT2D eigenvalue weighted by molar-refractivity contribution is -0.127. The summed E-state index contributed by atoms with van der Waals surface area (Å²) in [6.07, 6.45) is 4.12. The van der Waals surface area contributed by atoms with E-state index in [1.165, 1.54) is 18.5 Å². The molecule has 0 saturated carbocycles. The molecule has 0 aliphatic carbocycles. The third kappa shape index (κ3) is 4.41. The second kappa shape index (κ2) is 9.52. The van der Waals surface area contributed by atoms with Crippen LogP contribution in [-0.2, 0) is 9.59 Å². The number of halogens is 1. The average Bonchev–Trinajstić information content (AvgIpc) is 3.46. The summed E-state index contributed by atoms with van der Waals surface area (Å²) in [6, 6.07) is 19.0. The van der Waals surface area contributed by atoms with E-state index in [9.17, 15) is 14.4 Å². The molecule has 0 aromatic heterocycles. The summed E-state index contributed by atoms with van der Waals surface area (Å²) in [5.41, 5.74) is 2.49. The number of hydrogen-bond donors (Lipinski definition) is 1. The third-order valence-corrected chi connectivity index (χ3v) is 7.23. The molecule has 5 rings (SSSR count). The van der Waals surface area contributed by atoms with E-state index in [0.29, 0.717) is 15.6 Å². The molecule has 0 unspecified atom stereocenters. The molecule has 0 radical (unpaired) electrons. The highest BCUT2D eigenvalue weighted by Crippen LogP contribution is 2.36. The molecule has 2 fully saturated rings. The number of amides is 3. The predicted octanol–water partition coefficient (Wildman–Crippen LogP) is 5.77. The van der Waals surface area contributed by atoms with Gasteiger partial charge in [0.2, 0.25) is 5.91 Å². The van der Waals surface area contributed by atoms with Crippen molar-refractivity contribution in [1.82, 2.24) is 4.90 Å². The topological polar surface area (TPSA) is 69.7 Å². The third-order valence-electron chi connectivity index (χ3n) is 5.99.